The van der Waals surface area contributed by atoms with Crippen LogP contribution in [0.5, 0.6) is 0 Å². The summed E-state index contributed by atoms with van der Waals surface area (Å²) in [7, 11) is 0. The molecule has 180 valence electrons. The normalized spacial score (nSPS) is 12.0. The lowest BCUT2D eigenvalue weighted by Gasteiger charge is -2.22. The molecule has 2 N–H and O–H groups in total. The number of nitrogens with one attached hydrogen (secondary N) is 2. The summed E-state index contributed by atoms with van der Waals surface area (Å²) < 4.78 is 2.90. The lowest BCUT2D eigenvalue weighted by atomic mass is 10.0. The van der Waals surface area contributed by atoms with Crippen LogP contribution in [0.1, 0.15) is 36.1 Å². The van der Waals surface area contributed by atoms with E-state index in [1.165, 1.54) is 23.1 Å². The van der Waals surface area contributed by atoms with E-state index in [9.17, 15) is 9.59 Å². The van der Waals surface area contributed by atoms with Crippen molar-refractivity contribution in [1.82, 2.24) is 25.1 Å². The third-order valence-corrected chi connectivity index (χ3v) is 7.12. The zero-order valence-electron chi connectivity index (χ0n) is 19.5. The Balaban J connectivity index is 1.47. The van der Waals surface area contributed by atoms with E-state index < -0.39 is 0 Å². The number of hydrogen-bond donors (Lipinski definition) is 2. The van der Waals surface area contributed by atoms with Gasteiger partial charge in [-0.25, -0.2) is 4.98 Å². The first-order chi connectivity index (χ1) is 17.0. The molecule has 0 radical (unpaired) electrons. The van der Waals surface area contributed by atoms with Gasteiger partial charge in [0.2, 0.25) is 5.91 Å². The number of nitrogens with zero attached hydrogens (tertiary/aromatic N) is 4. The van der Waals surface area contributed by atoms with Gasteiger partial charge in [0.1, 0.15) is 0 Å². The van der Waals surface area contributed by atoms with Crippen molar-refractivity contribution < 1.29 is 9.59 Å². The minimum atomic E-state index is -0.360. The summed E-state index contributed by atoms with van der Waals surface area (Å²) in [5.74, 6) is 0.478. The van der Waals surface area contributed by atoms with Crippen LogP contribution in [0.15, 0.2) is 72.4 Å². The molecule has 2 heterocycles. The molecule has 0 spiro atoms. The number of rotatable bonds is 10. The Hall–Kier alpha value is -3.50. The van der Waals surface area contributed by atoms with Crippen LogP contribution in [0.3, 0.4) is 0 Å². The van der Waals surface area contributed by atoms with Gasteiger partial charge in [0.05, 0.1) is 22.0 Å². The van der Waals surface area contributed by atoms with Crippen molar-refractivity contribution in [1.29, 1.82) is 0 Å². The number of carbonyl (C=O) groups is 2. The van der Waals surface area contributed by atoms with Crippen LogP contribution in [-0.2, 0) is 11.3 Å². The maximum atomic E-state index is 12.8. The molecule has 2 amide bonds. The average Bonchev–Trinajstić information content (AvgIpc) is 3.45. The van der Waals surface area contributed by atoms with Crippen LogP contribution in [0.25, 0.3) is 10.2 Å². The number of aromatic nitrogens is 4. The van der Waals surface area contributed by atoms with Gasteiger partial charge in [-0.1, -0.05) is 73.4 Å². The van der Waals surface area contributed by atoms with Crippen LogP contribution in [0.2, 0.25) is 0 Å². The average molecular weight is 507 g/mol. The Bertz CT molecular complexity index is 1300. The number of anilines is 1. The lowest BCUT2D eigenvalue weighted by molar-refractivity contribution is -0.113. The fourth-order valence-electron chi connectivity index (χ4n) is 3.49. The highest BCUT2D eigenvalue weighted by Gasteiger charge is 2.26. The first-order valence-corrected chi connectivity index (χ1v) is 12.9. The van der Waals surface area contributed by atoms with Crippen molar-refractivity contribution in [2.45, 2.75) is 31.6 Å². The molecule has 0 fully saturated rings. The molecule has 4 rings (SSSR count). The number of carbonyl (C=O) groups excluding carboxylic acids is 2. The van der Waals surface area contributed by atoms with Crippen LogP contribution < -0.4 is 10.6 Å². The van der Waals surface area contributed by atoms with E-state index in [1.807, 2.05) is 60.9 Å². The number of para-hydroxylation sites is 1. The second kappa shape index (κ2) is 11.3. The molecular weight excluding hydrogens is 480 g/mol. The quantitative estimate of drug-likeness (QED) is 0.234. The van der Waals surface area contributed by atoms with E-state index in [0.717, 1.165) is 10.2 Å². The number of hydrogen-bond acceptors (Lipinski definition) is 7. The molecule has 8 nitrogen and oxygen atoms in total. The SMILES string of the molecule is C=CCn1c(SCC(=O)Nc2nc3ccccc3s2)nnc1C(NC(=O)c1ccccc1)C(C)C. The Morgan fingerprint density at radius 3 is 2.57 bits per heavy atom. The smallest absolute Gasteiger partial charge is 0.251 e. The van der Waals surface area contributed by atoms with Crippen molar-refractivity contribution in [3.05, 3.63) is 78.6 Å². The van der Waals surface area contributed by atoms with Gasteiger partial charge >= 0.3 is 0 Å². The van der Waals surface area contributed by atoms with Crippen molar-refractivity contribution in [3.8, 4) is 0 Å². The largest absolute Gasteiger partial charge is 0.342 e. The van der Waals surface area contributed by atoms with Gasteiger partial charge in [-0.2, -0.15) is 0 Å². The van der Waals surface area contributed by atoms with Crippen LogP contribution in [-0.4, -0.2) is 37.3 Å². The molecule has 0 aliphatic heterocycles. The lowest BCUT2D eigenvalue weighted by Crippen LogP contribution is -2.33. The molecule has 0 bridgehead atoms. The van der Waals surface area contributed by atoms with Gasteiger partial charge in [0.15, 0.2) is 16.1 Å². The molecule has 0 aliphatic rings. The van der Waals surface area contributed by atoms with Gasteiger partial charge in [-0.15, -0.1) is 16.8 Å². The zero-order chi connectivity index (χ0) is 24.8. The van der Waals surface area contributed by atoms with Gasteiger partial charge in [-0.3, -0.25) is 9.59 Å². The molecule has 0 saturated carbocycles. The summed E-state index contributed by atoms with van der Waals surface area (Å²) >= 11 is 2.71. The molecule has 0 saturated heterocycles. The summed E-state index contributed by atoms with van der Waals surface area (Å²) in [6.45, 7) is 8.33. The Kier molecular flexibility index (Phi) is 7.94. The number of allylic oxidation sites excluding steroid dienone is 1. The van der Waals surface area contributed by atoms with Crippen molar-refractivity contribution in [2.75, 3.05) is 11.1 Å². The summed E-state index contributed by atoms with van der Waals surface area (Å²) in [5, 5.41) is 15.8. The Morgan fingerprint density at radius 2 is 1.86 bits per heavy atom. The van der Waals surface area contributed by atoms with Gasteiger partial charge in [-0.05, 0) is 30.2 Å². The molecule has 35 heavy (non-hydrogen) atoms. The van der Waals surface area contributed by atoms with E-state index >= 15 is 0 Å². The predicted molar refractivity (Wildman–Crippen MR) is 141 cm³/mol. The highest BCUT2D eigenvalue weighted by atomic mass is 32.2. The maximum absolute atomic E-state index is 12.8. The molecule has 2 aromatic carbocycles. The number of thiazole rings is 1. The highest BCUT2D eigenvalue weighted by Crippen LogP contribution is 2.27. The van der Waals surface area contributed by atoms with Gasteiger partial charge in [0, 0.05) is 12.1 Å². The molecule has 2 aromatic heterocycles. The number of benzene rings is 2. The van der Waals surface area contributed by atoms with Crippen molar-refractivity contribution >= 4 is 50.3 Å². The molecule has 1 atom stereocenters. The fourth-order valence-corrected chi connectivity index (χ4v) is 5.13. The number of amides is 2. The molecule has 4 aromatic rings. The summed E-state index contributed by atoms with van der Waals surface area (Å²) in [6, 6.07) is 16.4. The van der Waals surface area contributed by atoms with Gasteiger partial charge in [0.25, 0.3) is 5.91 Å². The summed E-state index contributed by atoms with van der Waals surface area (Å²) in [5.41, 5.74) is 1.43. The Morgan fingerprint density at radius 1 is 1.11 bits per heavy atom. The van der Waals surface area contributed by atoms with E-state index in [0.29, 0.717) is 28.2 Å². The highest BCUT2D eigenvalue weighted by molar-refractivity contribution is 7.99. The van der Waals surface area contributed by atoms with E-state index in [-0.39, 0.29) is 29.5 Å². The second-order valence-electron chi connectivity index (χ2n) is 8.12. The number of thioether (sulfide) groups is 1. The van der Waals surface area contributed by atoms with Crippen molar-refractivity contribution in [2.24, 2.45) is 5.92 Å². The second-order valence-corrected chi connectivity index (χ2v) is 10.1. The molecule has 1 unspecified atom stereocenters. The van der Waals surface area contributed by atoms with E-state index in [2.05, 4.69) is 32.4 Å². The summed E-state index contributed by atoms with van der Waals surface area (Å²) in [6.07, 6.45) is 1.74. The predicted octanol–water partition coefficient (Wildman–Crippen LogP) is 4.93. The van der Waals surface area contributed by atoms with Crippen LogP contribution >= 0.6 is 23.1 Å². The monoisotopic (exact) mass is 506 g/mol. The van der Waals surface area contributed by atoms with Crippen LogP contribution in [0, 0.1) is 5.92 Å². The van der Waals surface area contributed by atoms with Crippen molar-refractivity contribution in [3.63, 3.8) is 0 Å². The Labute approximate surface area is 211 Å². The minimum absolute atomic E-state index is 0.0654. The third-order valence-electron chi connectivity index (χ3n) is 5.20. The van der Waals surface area contributed by atoms with E-state index in [4.69, 9.17) is 0 Å². The first kappa shape index (κ1) is 24.6. The fraction of sp³-hybridized carbons (Fsp3) is 0.240. The third kappa shape index (κ3) is 5.95. The summed E-state index contributed by atoms with van der Waals surface area (Å²) in [4.78, 5) is 29.8. The maximum Gasteiger partial charge on any atom is 0.251 e. The molecular formula is C25H26N6O2S2. The topological polar surface area (TPSA) is 102 Å². The van der Waals surface area contributed by atoms with E-state index in [1.54, 1.807) is 18.2 Å². The first-order valence-electron chi connectivity index (χ1n) is 11.1. The van der Waals surface area contributed by atoms with Crippen LogP contribution in [0.4, 0.5) is 5.13 Å². The number of fused-ring (bicyclic) bond motifs is 1. The van der Waals surface area contributed by atoms with Gasteiger partial charge < -0.3 is 15.2 Å². The molecule has 10 heteroatoms. The standard InChI is InChI=1S/C25H26N6O2S2/c1-4-14-31-22(21(16(2)3)28-23(33)17-10-6-5-7-11-17)29-30-25(31)34-15-20(32)27-24-26-18-12-8-9-13-19(18)35-24/h4-13,16,21H,1,14-15H2,2-3H3,(H,28,33)(H,26,27,32). The molecule has 0 aliphatic carbocycles. The zero-order valence-corrected chi connectivity index (χ0v) is 21.1. The minimum Gasteiger partial charge on any atom is -0.342 e.